The molecule has 0 aromatic heterocycles. The number of carbonyl (C=O) groups is 1. The van der Waals surface area contributed by atoms with Crippen molar-refractivity contribution in [1.82, 2.24) is 9.62 Å². The van der Waals surface area contributed by atoms with E-state index < -0.39 is 28.3 Å². The van der Waals surface area contributed by atoms with Gasteiger partial charge in [0.15, 0.2) is 0 Å². The van der Waals surface area contributed by atoms with Crippen LogP contribution in [0.25, 0.3) is 0 Å². The summed E-state index contributed by atoms with van der Waals surface area (Å²) in [5, 5.41) is 3.17. The molecule has 2 aromatic rings. The number of carbonyl (C=O) groups excluding carboxylic acids is 1. The molecule has 6 nitrogen and oxygen atoms in total. The highest BCUT2D eigenvalue weighted by molar-refractivity contribution is 7.88. The molecule has 2 aromatic carbocycles. The van der Waals surface area contributed by atoms with E-state index in [1.807, 2.05) is 0 Å². The van der Waals surface area contributed by atoms with Crippen molar-refractivity contribution in [2.75, 3.05) is 26.0 Å². The molecule has 2 rings (SSSR count). The number of sulfonamides is 1. The molecule has 0 saturated heterocycles. The van der Waals surface area contributed by atoms with Gasteiger partial charge in [-0.25, -0.2) is 12.8 Å². The molecule has 0 radical (unpaired) electrons. The summed E-state index contributed by atoms with van der Waals surface area (Å²) in [5.41, 5.74) is 0.196. The lowest BCUT2D eigenvalue weighted by atomic mass is 10.2. The van der Waals surface area contributed by atoms with Gasteiger partial charge in [-0.05, 0) is 30.3 Å². The fourth-order valence-corrected chi connectivity index (χ4v) is 3.06. The zero-order chi connectivity index (χ0) is 19.9. The summed E-state index contributed by atoms with van der Waals surface area (Å²) in [6.45, 7) is -0.230. The van der Waals surface area contributed by atoms with E-state index in [4.69, 9.17) is 16.3 Å². The molecular formula is C18H20ClFN2O4S. The van der Waals surface area contributed by atoms with Crippen LogP contribution >= 0.6 is 11.6 Å². The van der Waals surface area contributed by atoms with Gasteiger partial charge in [-0.1, -0.05) is 29.8 Å². The van der Waals surface area contributed by atoms with Crippen LogP contribution in [-0.4, -0.2) is 44.6 Å². The predicted octanol–water partition coefficient (Wildman–Crippen LogP) is 2.44. The van der Waals surface area contributed by atoms with E-state index in [-0.39, 0.29) is 25.3 Å². The first kappa shape index (κ1) is 21.1. The molecule has 0 heterocycles. The van der Waals surface area contributed by atoms with E-state index in [2.05, 4.69) is 5.32 Å². The van der Waals surface area contributed by atoms with E-state index in [1.165, 1.54) is 18.2 Å². The third-order valence-electron chi connectivity index (χ3n) is 3.60. The lowest BCUT2D eigenvalue weighted by Crippen LogP contribution is -2.41. The van der Waals surface area contributed by atoms with Crippen molar-refractivity contribution in [2.45, 2.75) is 6.54 Å². The van der Waals surface area contributed by atoms with Gasteiger partial charge >= 0.3 is 0 Å². The molecule has 0 spiro atoms. The molecule has 146 valence electrons. The third kappa shape index (κ3) is 7.16. The average molecular weight is 415 g/mol. The second-order valence-corrected chi connectivity index (χ2v) is 8.19. The molecule has 1 N–H and O–H groups in total. The van der Waals surface area contributed by atoms with Crippen LogP contribution < -0.4 is 10.1 Å². The second-order valence-electron chi connectivity index (χ2n) is 5.77. The Kier molecular flexibility index (Phi) is 7.58. The van der Waals surface area contributed by atoms with Gasteiger partial charge in [0.2, 0.25) is 15.9 Å². The van der Waals surface area contributed by atoms with Crippen molar-refractivity contribution >= 4 is 27.5 Å². The van der Waals surface area contributed by atoms with Gasteiger partial charge in [0, 0.05) is 17.1 Å². The lowest BCUT2D eigenvalue weighted by Gasteiger charge is -2.20. The number of nitrogens with zero attached hydrogens (tertiary/aromatic N) is 1. The normalized spacial score (nSPS) is 11.4. The van der Waals surface area contributed by atoms with E-state index in [0.29, 0.717) is 10.8 Å². The van der Waals surface area contributed by atoms with Crippen LogP contribution in [0.1, 0.15) is 5.56 Å². The Morgan fingerprint density at radius 2 is 1.85 bits per heavy atom. The summed E-state index contributed by atoms with van der Waals surface area (Å²) in [6.07, 6.45) is 0.977. The van der Waals surface area contributed by atoms with Crippen LogP contribution in [0, 0.1) is 5.82 Å². The first-order valence-electron chi connectivity index (χ1n) is 8.09. The lowest BCUT2D eigenvalue weighted by molar-refractivity contribution is -0.121. The molecule has 0 atom stereocenters. The minimum atomic E-state index is -3.69. The van der Waals surface area contributed by atoms with Crippen LogP contribution in [0.15, 0.2) is 48.5 Å². The quantitative estimate of drug-likeness (QED) is 0.639. The summed E-state index contributed by atoms with van der Waals surface area (Å²) >= 11 is 5.78. The monoisotopic (exact) mass is 414 g/mol. The van der Waals surface area contributed by atoms with E-state index in [0.717, 1.165) is 10.6 Å². The van der Waals surface area contributed by atoms with Gasteiger partial charge in [-0.3, -0.25) is 4.79 Å². The van der Waals surface area contributed by atoms with Gasteiger partial charge in [-0.15, -0.1) is 0 Å². The van der Waals surface area contributed by atoms with Crippen molar-refractivity contribution < 1.29 is 22.3 Å². The Balaban J connectivity index is 1.85. The largest absolute Gasteiger partial charge is 0.492 e. The smallest absolute Gasteiger partial charge is 0.235 e. The maximum atomic E-state index is 13.8. The Bertz CT molecular complexity index is 875. The van der Waals surface area contributed by atoms with Crippen LogP contribution in [0.4, 0.5) is 4.39 Å². The molecule has 27 heavy (non-hydrogen) atoms. The van der Waals surface area contributed by atoms with Gasteiger partial charge in [0.05, 0.1) is 19.3 Å². The molecule has 1 amide bonds. The summed E-state index contributed by atoms with van der Waals surface area (Å²) < 4.78 is 43.9. The Morgan fingerprint density at radius 1 is 1.19 bits per heavy atom. The van der Waals surface area contributed by atoms with E-state index in [1.54, 1.807) is 30.3 Å². The number of amides is 1. The van der Waals surface area contributed by atoms with Gasteiger partial charge in [-0.2, -0.15) is 4.31 Å². The number of rotatable bonds is 9. The molecule has 0 aliphatic rings. The van der Waals surface area contributed by atoms with Crippen molar-refractivity contribution in [3.05, 3.63) is 64.9 Å². The number of benzene rings is 2. The Morgan fingerprint density at radius 3 is 2.48 bits per heavy atom. The zero-order valence-corrected chi connectivity index (χ0v) is 16.3. The Labute approximate surface area is 162 Å². The average Bonchev–Trinajstić information content (AvgIpc) is 2.60. The molecule has 0 saturated carbocycles. The first-order chi connectivity index (χ1) is 12.8. The number of nitrogens with one attached hydrogen (secondary N) is 1. The highest BCUT2D eigenvalue weighted by atomic mass is 35.5. The topological polar surface area (TPSA) is 75.7 Å². The molecule has 0 aliphatic carbocycles. The molecule has 0 unspecified atom stereocenters. The standard InChI is InChI=1S/C18H20ClFN2O4S/c1-27(24,25)22(12-14-4-2-3-5-17(14)20)13-18(23)21-10-11-26-16-8-6-15(19)7-9-16/h2-9H,10-13H2,1H3,(H,21,23). The van der Waals surface area contributed by atoms with Gasteiger partial charge < -0.3 is 10.1 Å². The van der Waals surface area contributed by atoms with Gasteiger partial charge in [0.25, 0.3) is 0 Å². The minimum Gasteiger partial charge on any atom is -0.492 e. The zero-order valence-electron chi connectivity index (χ0n) is 14.7. The second kappa shape index (κ2) is 9.68. The van der Waals surface area contributed by atoms with Crippen LogP contribution in [-0.2, 0) is 21.4 Å². The van der Waals surface area contributed by atoms with E-state index >= 15 is 0 Å². The maximum absolute atomic E-state index is 13.8. The Hall–Kier alpha value is -2.16. The van der Waals surface area contributed by atoms with Gasteiger partial charge in [0.1, 0.15) is 18.2 Å². The highest BCUT2D eigenvalue weighted by Crippen LogP contribution is 2.15. The van der Waals surface area contributed by atoms with Crippen molar-refractivity contribution in [3.63, 3.8) is 0 Å². The molecular weight excluding hydrogens is 395 g/mol. The molecule has 0 aliphatic heterocycles. The fourth-order valence-electron chi connectivity index (χ4n) is 2.21. The SMILES string of the molecule is CS(=O)(=O)N(CC(=O)NCCOc1ccc(Cl)cc1)Cc1ccccc1F. The van der Waals surface area contributed by atoms with Crippen molar-refractivity contribution in [1.29, 1.82) is 0 Å². The van der Waals surface area contributed by atoms with Crippen LogP contribution in [0.2, 0.25) is 5.02 Å². The first-order valence-corrected chi connectivity index (χ1v) is 10.3. The van der Waals surface area contributed by atoms with E-state index in [9.17, 15) is 17.6 Å². The number of hydrogen-bond donors (Lipinski definition) is 1. The van der Waals surface area contributed by atoms with Crippen LogP contribution in [0.3, 0.4) is 0 Å². The van der Waals surface area contributed by atoms with Crippen molar-refractivity contribution in [3.8, 4) is 5.75 Å². The molecule has 0 fully saturated rings. The highest BCUT2D eigenvalue weighted by Gasteiger charge is 2.21. The summed E-state index contributed by atoms with van der Waals surface area (Å²) in [5.74, 6) is -0.426. The predicted molar refractivity (Wildman–Crippen MR) is 102 cm³/mol. The summed E-state index contributed by atoms with van der Waals surface area (Å²) in [6, 6.07) is 12.6. The third-order valence-corrected chi connectivity index (χ3v) is 5.05. The maximum Gasteiger partial charge on any atom is 0.235 e. The fraction of sp³-hybridized carbons (Fsp3) is 0.278. The molecule has 9 heteroatoms. The molecule has 0 bridgehead atoms. The minimum absolute atomic E-state index is 0.193. The van der Waals surface area contributed by atoms with Crippen LogP contribution in [0.5, 0.6) is 5.75 Å². The van der Waals surface area contributed by atoms with Crippen molar-refractivity contribution in [2.24, 2.45) is 0 Å². The summed E-state index contributed by atoms with van der Waals surface area (Å²) in [7, 11) is -3.69. The number of halogens is 2. The number of hydrogen-bond acceptors (Lipinski definition) is 4. The summed E-state index contributed by atoms with van der Waals surface area (Å²) in [4.78, 5) is 12.0. The number of ether oxygens (including phenoxy) is 1.